The molecule has 18 heavy (non-hydrogen) atoms. The number of nitrogens with one attached hydrogen (secondary N) is 1. The van der Waals surface area contributed by atoms with Crippen LogP contribution in [0.5, 0.6) is 0 Å². The van der Waals surface area contributed by atoms with E-state index in [0.717, 1.165) is 8.29 Å². The highest BCUT2D eigenvalue weighted by molar-refractivity contribution is 14.1. The predicted octanol–water partition coefficient (Wildman–Crippen LogP) is 6.45. The van der Waals surface area contributed by atoms with Crippen LogP contribution in [0, 0.1) is 3.95 Å². The average molecular weight is 434 g/mol. The molecular formula is C11H19IN2S4. The summed E-state index contributed by atoms with van der Waals surface area (Å²) < 4.78 is 2.46. The maximum atomic E-state index is 5.01. The quantitative estimate of drug-likeness (QED) is 0.151. The molecule has 1 heterocycles. The lowest BCUT2D eigenvalue weighted by Crippen LogP contribution is -1.89. The van der Waals surface area contributed by atoms with Crippen LogP contribution in [0.3, 0.4) is 0 Å². The Morgan fingerprint density at radius 2 is 2.06 bits per heavy atom. The minimum Gasteiger partial charge on any atom is -0.257 e. The molecule has 1 unspecified atom stereocenters. The molecule has 1 rings (SSSR count). The average Bonchev–Trinajstić information content (AvgIpc) is 2.77. The standard InChI is InChI=1S/C11H19IN2S4/c1-2-3-4-5-6-7-8-9(12)17-18-11-14-13-10(15)16-11/h9H,2-8H2,1H3,(H,13,15). The van der Waals surface area contributed by atoms with Gasteiger partial charge in [-0.05, 0) is 29.4 Å². The van der Waals surface area contributed by atoms with Crippen molar-refractivity contribution in [2.45, 2.75) is 59.5 Å². The zero-order valence-electron chi connectivity index (χ0n) is 10.5. The van der Waals surface area contributed by atoms with E-state index in [1.807, 2.05) is 10.8 Å². The second kappa shape index (κ2) is 10.9. The molecule has 104 valence electrons. The lowest BCUT2D eigenvalue weighted by Gasteiger charge is -2.07. The maximum Gasteiger partial charge on any atom is 0.183 e. The lowest BCUT2D eigenvalue weighted by molar-refractivity contribution is 0.602. The summed E-state index contributed by atoms with van der Waals surface area (Å²) in [7, 11) is 3.64. The number of H-pyrrole nitrogens is 1. The van der Waals surface area contributed by atoms with Crippen LogP contribution in [0.15, 0.2) is 4.34 Å². The molecule has 0 aliphatic carbocycles. The zero-order chi connectivity index (χ0) is 13.2. The van der Waals surface area contributed by atoms with Gasteiger partial charge < -0.3 is 0 Å². The highest BCUT2D eigenvalue weighted by Crippen LogP contribution is 2.39. The molecule has 0 saturated carbocycles. The molecule has 0 saturated heterocycles. The molecule has 2 nitrogen and oxygen atoms in total. The molecule has 1 N–H and O–H groups in total. The van der Waals surface area contributed by atoms with Gasteiger partial charge in [0.25, 0.3) is 0 Å². The van der Waals surface area contributed by atoms with Crippen LogP contribution in [0.1, 0.15) is 51.9 Å². The highest BCUT2D eigenvalue weighted by atomic mass is 127. The van der Waals surface area contributed by atoms with Crippen LogP contribution in [-0.2, 0) is 0 Å². The summed E-state index contributed by atoms with van der Waals surface area (Å²) in [6.07, 6.45) is 9.54. The van der Waals surface area contributed by atoms with E-state index in [-0.39, 0.29) is 0 Å². The zero-order valence-corrected chi connectivity index (χ0v) is 15.9. The van der Waals surface area contributed by atoms with Gasteiger partial charge in [0.2, 0.25) is 0 Å². The minimum absolute atomic E-state index is 0.663. The van der Waals surface area contributed by atoms with Crippen LogP contribution in [-0.4, -0.2) is 13.5 Å². The molecule has 0 bridgehead atoms. The van der Waals surface area contributed by atoms with Crippen molar-refractivity contribution in [2.75, 3.05) is 0 Å². The van der Waals surface area contributed by atoms with Gasteiger partial charge in [-0.3, -0.25) is 5.10 Å². The predicted molar refractivity (Wildman–Crippen MR) is 96.5 cm³/mol. The van der Waals surface area contributed by atoms with Crippen LogP contribution >= 0.6 is 67.7 Å². The van der Waals surface area contributed by atoms with Crippen molar-refractivity contribution < 1.29 is 0 Å². The van der Waals surface area contributed by atoms with Crippen LogP contribution < -0.4 is 0 Å². The van der Waals surface area contributed by atoms with E-state index in [9.17, 15) is 0 Å². The number of aromatic amines is 1. The molecule has 7 heteroatoms. The number of alkyl halides is 1. The van der Waals surface area contributed by atoms with Crippen LogP contribution in [0.2, 0.25) is 0 Å². The Bertz CT molecular complexity index is 366. The van der Waals surface area contributed by atoms with Crippen molar-refractivity contribution >= 4 is 67.7 Å². The summed E-state index contributed by atoms with van der Waals surface area (Å²) in [4.78, 5) is 0. The first kappa shape index (κ1) is 17.3. The van der Waals surface area contributed by atoms with Crippen LogP contribution in [0.25, 0.3) is 0 Å². The number of hydrogen-bond donors (Lipinski definition) is 1. The largest absolute Gasteiger partial charge is 0.257 e. The van der Waals surface area contributed by atoms with Crippen molar-refractivity contribution in [1.82, 2.24) is 10.2 Å². The molecule has 0 aromatic carbocycles. The van der Waals surface area contributed by atoms with Gasteiger partial charge >= 0.3 is 0 Å². The van der Waals surface area contributed by atoms with E-state index in [1.54, 1.807) is 22.1 Å². The van der Waals surface area contributed by atoms with Crippen molar-refractivity contribution in [3.05, 3.63) is 3.95 Å². The fourth-order valence-electron chi connectivity index (χ4n) is 1.48. The lowest BCUT2D eigenvalue weighted by atomic mass is 10.1. The Morgan fingerprint density at radius 1 is 1.33 bits per heavy atom. The van der Waals surface area contributed by atoms with E-state index < -0.39 is 0 Å². The monoisotopic (exact) mass is 434 g/mol. The molecule has 0 fully saturated rings. The highest BCUT2D eigenvalue weighted by Gasteiger charge is 2.07. The first-order valence-electron chi connectivity index (χ1n) is 6.25. The second-order valence-electron chi connectivity index (χ2n) is 4.03. The maximum absolute atomic E-state index is 5.01. The van der Waals surface area contributed by atoms with E-state index in [0.29, 0.717) is 3.26 Å². The SMILES string of the molecule is CCCCCCCCC(I)SSc1n[nH]c(=S)s1. The molecule has 1 aromatic rings. The van der Waals surface area contributed by atoms with Crippen LogP contribution in [0.4, 0.5) is 0 Å². The first-order valence-corrected chi connectivity index (χ1v) is 10.9. The summed E-state index contributed by atoms with van der Waals surface area (Å²) in [6.45, 7) is 2.26. The summed E-state index contributed by atoms with van der Waals surface area (Å²) in [5.41, 5.74) is 0. The Labute approximate surface area is 140 Å². The summed E-state index contributed by atoms with van der Waals surface area (Å²) in [5.74, 6) is 0. The fourth-order valence-corrected chi connectivity index (χ4v) is 6.17. The third kappa shape index (κ3) is 8.39. The molecule has 1 aromatic heterocycles. The van der Waals surface area contributed by atoms with Gasteiger partial charge in [0.05, 0.1) is 3.26 Å². The molecule has 0 amide bonds. The van der Waals surface area contributed by atoms with Crippen molar-refractivity contribution in [2.24, 2.45) is 0 Å². The van der Waals surface area contributed by atoms with Gasteiger partial charge in [0.15, 0.2) is 8.29 Å². The Hall–Kier alpha value is 1.21. The van der Waals surface area contributed by atoms with E-state index in [2.05, 4.69) is 39.7 Å². The third-order valence-corrected chi connectivity index (χ3v) is 8.78. The van der Waals surface area contributed by atoms with Crippen molar-refractivity contribution in [3.8, 4) is 0 Å². The third-order valence-electron chi connectivity index (χ3n) is 2.43. The Balaban J connectivity index is 2.00. The smallest absolute Gasteiger partial charge is 0.183 e. The van der Waals surface area contributed by atoms with Gasteiger partial charge in [-0.25, -0.2) is 0 Å². The van der Waals surface area contributed by atoms with E-state index in [4.69, 9.17) is 12.2 Å². The number of unbranched alkanes of at least 4 members (excludes halogenated alkanes) is 5. The Morgan fingerprint density at radius 3 is 2.72 bits per heavy atom. The number of rotatable bonds is 10. The molecule has 1 atom stereocenters. The number of nitrogens with zero attached hydrogens (tertiary/aromatic N) is 1. The van der Waals surface area contributed by atoms with E-state index >= 15 is 0 Å². The normalized spacial score (nSPS) is 12.8. The number of aromatic nitrogens is 2. The topological polar surface area (TPSA) is 28.7 Å². The molecule has 0 aliphatic heterocycles. The van der Waals surface area contributed by atoms with Gasteiger partial charge in [-0.2, -0.15) is 5.10 Å². The first-order chi connectivity index (χ1) is 8.72. The molecule has 0 radical (unpaired) electrons. The number of hydrogen-bond acceptors (Lipinski definition) is 5. The minimum atomic E-state index is 0.663. The molecular weight excluding hydrogens is 415 g/mol. The number of halogens is 1. The van der Waals surface area contributed by atoms with Gasteiger partial charge in [-0.1, -0.05) is 90.2 Å². The summed E-state index contributed by atoms with van der Waals surface area (Å²) >= 11 is 9.09. The fraction of sp³-hybridized carbons (Fsp3) is 0.818. The van der Waals surface area contributed by atoms with Crippen molar-refractivity contribution in [1.29, 1.82) is 0 Å². The Kier molecular flexibility index (Phi) is 10.5. The van der Waals surface area contributed by atoms with Gasteiger partial charge in [0, 0.05) is 0 Å². The van der Waals surface area contributed by atoms with Gasteiger partial charge in [0.1, 0.15) is 0 Å². The summed E-state index contributed by atoms with van der Waals surface area (Å²) in [6, 6.07) is 0. The second-order valence-corrected chi connectivity index (χ2v) is 10.7. The van der Waals surface area contributed by atoms with E-state index in [1.165, 1.54) is 44.9 Å². The van der Waals surface area contributed by atoms with Crippen molar-refractivity contribution in [3.63, 3.8) is 0 Å². The van der Waals surface area contributed by atoms with Gasteiger partial charge in [-0.15, -0.1) is 0 Å². The summed E-state index contributed by atoms with van der Waals surface area (Å²) in [5, 5.41) is 6.96. The molecule has 0 aliphatic rings. The molecule has 0 spiro atoms.